The van der Waals surface area contributed by atoms with Gasteiger partial charge in [-0.3, -0.25) is 14.4 Å². The van der Waals surface area contributed by atoms with Crippen molar-refractivity contribution in [2.45, 2.75) is 11.4 Å². The topological polar surface area (TPSA) is 89.8 Å². The van der Waals surface area contributed by atoms with Crippen molar-refractivity contribution in [3.8, 4) is 11.5 Å². The normalized spacial score (nSPS) is 11.0. The number of rotatable bonds is 8. The van der Waals surface area contributed by atoms with Crippen LogP contribution >= 0.6 is 0 Å². The summed E-state index contributed by atoms with van der Waals surface area (Å²) in [6, 6.07) is 30.1. The number of sulfonamides is 1. The molecule has 0 aliphatic heterocycles. The van der Waals surface area contributed by atoms with Gasteiger partial charge in [0.05, 0.1) is 22.1 Å². The SMILES string of the molecule is O=[N+]([O-])c1ccc(S(=O)(=O)N(Cc2ccccc2)c2ccc(Oc3ccccc3)cc2)cc1. The highest BCUT2D eigenvalue weighted by Crippen LogP contribution is 2.30. The summed E-state index contributed by atoms with van der Waals surface area (Å²) in [5.74, 6) is 1.24. The van der Waals surface area contributed by atoms with Gasteiger partial charge in [0, 0.05) is 12.1 Å². The quantitative estimate of drug-likeness (QED) is 0.245. The summed E-state index contributed by atoms with van der Waals surface area (Å²) in [6.45, 7) is 0.0963. The first-order valence-electron chi connectivity index (χ1n) is 10.1. The Hall–Kier alpha value is -4.17. The molecule has 0 spiro atoms. The lowest BCUT2D eigenvalue weighted by Gasteiger charge is -2.25. The van der Waals surface area contributed by atoms with Gasteiger partial charge in [-0.15, -0.1) is 0 Å². The van der Waals surface area contributed by atoms with Crippen molar-refractivity contribution >= 4 is 21.4 Å². The first-order chi connectivity index (χ1) is 15.9. The molecule has 4 aromatic rings. The third kappa shape index (κ3) is 5.19. The van der Waals surface area contributed by atoms with Gasteiger partial charge < -0.3 is 4.74 Å². The zero-order valence-corrected chi connectivity index (χ0v) is 18.3. The highest BCUT2D eigenvalue weighted by Gasteiger charge is 2.26. The fraction of sp³-hybridized carbons (Fsp3) is 0.0400. The summed E-state index contributed by atoms with van der Waals surface area (Å²) in [7, 11) is -4.00. The standard InChI is InChI=1S/C25H20N2O5S/c28-27(29)22-13-17-25(18-14-22)33(30,31)26(19-20-7-3-1-4-8-20)21-11-15-24(16-12-21)32-23-9-5-2-6-10-23/h1-18H,19H2. The highest BCUT2D eigenvalue weighted by molar-refractivity contribution is 7.92. The number of hydrogen-bond donors (Lipinski definition) is 0. The number of hydrogen-bond acceptors (Lipinski definition) is 5. The Morgan fingerprint density at radius 3 is 1.85 bits per heavy atom. The molecule has 0 amide bonds. The predicted octanol–water partition coefficient (Wildman–Crippen LogP) is 5.78. The van der Waals surface area contributed by atoms with Gasteiger partial charge in [0.2, 0.25) is 0 Å². The van der Waals surface area contributed by atoms with Crippen LogP contribution in [0.5, 0.6) is 11.5 Å². The average Bonchev–Trinajstić information content (AvgIpc) is 2.84. The van der Waals surface area contributed by atoms with Crippen molar-refractivity contribution in [2.24, 2.45) is 0 Å². The van der Waals surface area contributed by atoms with Crippen LogP contribution in [0, 0.1) is 10.1 Å². The minimum Gasteiger partial charge on any atom is -0.457 e. The minimum absolute atomic E-state index is 0.0337. The van der Waals surface area contributed by atoms with Crippen molar-refractivity contribution in [1.29, 1.82) is 0 Å². The highest BCUT2D eigenvalue weighted by atomic mass is 32.2. The summed E-state index contributed by atoms with van der Waals surface area (Å²) in [4.78, 5) is 10.4. The minimum atomic E-state index is -4.00. The van der Waals surface area contributed by atoms with Crippen LogP contribution in [-0.4, -0.2) is 13.3 Å². The third-order valence-corrected chi connectivity index (χ3v) is 6.70. The van der Waals surface area contributed by atoms with Crippen molar-refractivity contribution < 1.29 is 18.1 Å². The van der Waals surface area contributed by atoms with Crippen molar-refractivity contribution in [3.63, 3.8) is 0 Å². The number of nitrogens with zero attached hydrogens (tertiary/aromatic N) is 2. The molecule has 0 aliphatic carbocycles. The molecule has 0 heterocycles. The molecule has 8 heteroatoms. The second-order valence-electron chi connectivity index (χ2n) is 7.16. The average molecular weight is 461 g/mol. The first kappa shape index (κ1) is 22.0. The number of non-ortho nitro benzene ring substituents is 1. The second kappa shape index (κ2) is 9.54. The number of anilines is 1. The summed E-state index contributed by atoms with van der Waals surface area (Å²) >= 11 is 0. The molecule has 166 valence electrons. The number of para-hydroxylation sites is 1. The maximum absolute atomic E-state index is 13.5. The lowest BCUT2D eigenvalue weighted by atomic mass is 10.2. The van der Waals surface area contributed by atoms with Crippen LogP contribution in [0.1, 0.15) is 5.56 Å². The Bertz CT molecular complexity index is 1330. The van der Waals surface area contributed by atoms with E-state index < -0.39 is 14.9 Å². The van der Waals surface area contributed by atoms with E-state index in [1.165, 1.54) is 28.6 Å². The monoisotopic (exact) mass is 460 g/mol. The van der Waals surface area contributed by atoms with E-state index in [4.69, 9.17) is 4.74 Å². The summed E-state index contributed by atoms with van der Waals surface area (Å²) in [5, 5.41) is 11.0. The van der Waals surface area contributed by atoms with E-state index >= 15 is 0 Å². The van der Waals surface area contributed by atoms with Gasteiger partial charge >= 0.3 is 0 Å². The Kier molecular flexibility index (Phi) is 6.37. The van der Waals surface area contributed by atoms with Crippen LogP contribution in [-0.2, 0) is 16.6 Å². The van der Waals surface area contributed by atoms with Gasteiger partial charge in [-0.25, -0.2) is 8.42 Å². The fourth-order valence-corrected chi connectivity index (χ4v) is 4.69. The summed E-state index contributed by atoms with van der Waals surface area (Å²) in [5.41, 5.74) is 1.07. The lowest BCUT2D eigenvalue weighted by molar-refractivity contribution is -0.384. The molecule has 0 N–H and O–H groups in total. The number of nitro groups is 1. The van der Waals surface area contributed by atoms with E-state index in [0.29, 0.717) is 17.2 Å². The smallest absolute Gasteiger partial charge is 0.269 e. The van der Waals surface area contributed by atoms with E-state index in [9.17, 15) is 18.5 Å². The van der Waals surface area contributed by atoms with Crippen LogP contribution in [0.15, 0.2) is 114 Å². The molecule has 0 saturated carbocycles. The van der Waals surface area contributed by atoms with Gasteiger partial charge in [-0.05, 0) is 54.1 Å². The molecule has 4 rings (SSSR count). The van der Waals surface area contributed by atoms with Gasteiger partial charge in [-0.2, -0.15) is 0 Å². The molecule has 0 saturated heterocycles. The third-order valence-electron chi connectivity index (χ3n) is 4.91. The van der Waals surface area contributed by atoms with Crippen molar-refractivity contribution in [2.75, 3.05) is 4.31 Å². The van der Waals surface area contributed by atoms with E-state index in [2.05, 4.69) is 0 Å². The van der Waals surface area contributed by atoms with E-state index in [1.807, 2.05) is 60.7 Å². The fourth-order valence-electron chi connectivity index (χ4n) is 3.24. The number of nitro benzene ring substituents is 1. The van der Waals surface area contributed by atoms with Crippen molar-refractivity contribution in [3.05, 3.63) is 125 Å². The van der Waals surface area contributed by atoms with Gasteiger partial charge in [0.1, 0.15) is 11.5 Å². The van der Waals surface area contributed by atoms with Crippen molar-refractivity contribution in [1.82, 2.24) is 0 Å². The lowest BCUT2D eigenvalue weighted by Crippen LogP contribution is -2.30. The Balaban J connectivity index is 1.68. The summed E-state index contributed by atoms with van der Waals surface area (Å²) in [6.07, 6.45) is 0. The van der Waals surface area contributed by atoms with Crippen LogP contribution < -0.4 is 9.04 Å². The molecule has 0 fully saturated rings. The predicted molar refractivity (Wildman–Crippen MR) is 126 cm³/mol. The molecule has 0 radical (unpaired) electrons. The van der Waals surface area contributed by atoms with E-state index in [-0.39, 0.29) is 17.1 Å². The molecule has 33 heavy (non-hydrogen) atoms. The molecule has 0 bridgehead atoms. The van der Waals surface area contributed by atoms with Gasteiger partial charge in [0.25, 0.3) is 15.7 Å². The van der Waals surface area contributed by atoms with Crippen LogP contribution in [0.25, 0.3) is 0 Å². The molecule has 0 atom stereocenters. The van der Waals surface area contributed by atoms with Gasteiger partial charge in [-0.1, -0.05) is 48.5 Å². The second-order valence-corrected chi connectivity index (χ2v) is 9.02. The van der Waals surface area contributed by atoms with E-state index in [0.717, 1.165) is 5.56 Å². The largest absolute Gasteiger partial charge is 0.457 e. The molecule has 7 nitrogen and oxygen atoms in total. The van der Waals surface area contributed by atoms with Crippen LogP contribution in [0.4, 0.5) is 11.4 Å². The zero-order valence-electron chi connectivity index (χ0n) is 17.4. The number of benzene rings is 4. The first-order valence-corrected chi connectivity index (χ1v) is 11.5. The summed E-state index contributed by atoms with van der Waals surface area (Å²) < 4.78 is 34.1. The maximum Gasteiger partial charge on any atom is 0.269 e. The molecule has 0 unspecified atom stereocenters. The Morgan fingerprint density at radius 1 is 0.727 bits per heavy atom. The molecule has 4 aromatic carbocycles. The Labute approximate surface area is 191 Å². The molecular formula is C25H20N2O5S. The molecule has 0 aromatic heterocycles. The van der Waals surface area contributed by atoms with Crippen LogP contribution in [0.3, 0.4) is 0 Å². The number of ether oxygens (including phenoxy) is 1. The molecular weight excluding hydrogens is 440 g/mol. The molecule has 0 aliphatic rings. The maximum atomic E-state index is 13.5. The zero-order chi connectivity index (χ0) is 23.3. The van der Waals surface area contributed by atoms with E-state index in [1.54, 1.807) is 24.3 Å². The van der Waals surface area contributed by atoms with Gasteiger partial charge in [0.15, 0.2) is 0 Å². The Morgan fingerprint density at radius 2 is 1.27 bits per heavy atom. The van der Waals surface area contributed by atoms with Crippen LogP contribution in [0.2, 0.25) is 0 Å².